The van der Waals surface area contributed by atoms with E-state index in [0.717, 1.165) is 6.42 Å². The molecule has 1 aromatic rings. The van der Waals surface area contributed by atoms with Crippen molar-refractivity contribution in [2.24, 2.45) is 5.73 Å². The Balaban J connectivity index is 2.09. The molecule has 2 heterocycles. The van der Waals surface area contributed by atoms with Gasteiger partial charge in [-0.3, -0.25) is 0 Å². The van der Waals surface area contributed by atoms with Crippen molar-refractivity contribution in [1.82, 2.24) is 10.2 Å². The fourth-order valence-corrected chi connectivity index (χ4v) is 1.58. The first kappa shape index (κ1) is 9.61. The van der Waals surface area contributed by atoms with Crippen LogP contribution in [0.4, 0.5) is 0 Å². The standard InChI is InChI=1S/C9H15N3O2/c1-5-3-7(4-13-5)9-12-11-8(14-9)6(2)10/h5-7H,3-4,10H2,1-2H3. The third kappa shape index (κ3) is 1.78. The molecule has 1 aromatic heterocycles. The summed E-state index contributed by atoms with van der Waals surface area (Å²) < 4.78 is 10.9. The number of rotatable bonds is 2. The summed E-state index contributed by atoms with van der Waals surface area (Å²) in [7, 11) is 0. The van der Waals surface area contributed by atoms with Crippen LogP contribution in [0, 0.1) is 0 Å². The minimum atomic E-state index is -0.198. The van der Waals surface area contributed by atoms with Crippen molar-refractivity contribution >= 4 is 0 Å². The van der Waals surface area contributed by atoms with Crippen LogP contribution < -0.4 is 5.73 Å². The first-order valence-corrected chi connectivity index (χ1v) is 4.87. The van der Waals surface area contributed by atoms with Gasteiger partial charge in [-0.25, -0.2) is 0 Å². The first-order chi connectivity index (χ1) is 6.66. The Bertz CT molecular complexity index is 311. The van der Waals surface area contributed by atoms with Gasteiger partial charge in [0.2, 0.25) is 11.8 Å². The Kier molecular flexibility index (Phi) is 2.52. The second kappa shape index (κ2) is 3.67. The van der Waals surface area contributed by atoms with Crippen LogP contribution in [-0.2, 0) is 4.74 Å². The van der Waals surface area contributed by atoms with E-state index in [9.17, 15) is 0 Å². The van der Waals surface area contributed by atoms with Gasteiger partial charge in [0.25, 0.3) is 0 Å². The van der Waals surface area contributed by atoms with Crippen LogP contribution in [0.3, 0.4) is 0 Å². The zero-order valence-corrected chi connectivity index (χ0v) is 8.43. The lowest BCUT2D eigenvalue weighted by Crippen LogP contribution is -2.04. The molecule has 3 atom stereocenters. The first-order valence-electron chi connectivity index (χ1n) is 4.87. The molecule has 0 saturated carbocycles. The second-order valence-corrected chi connectivity index (χ2v) is 3.84. The fraction of sp³-hybridized carbons (Fsp3) is 0.778. The fourth-order valence-electron chi connectivity index (χ4n) is 1.58. The zero-order valence-electron chi connectivity index (χ0n) is 8.43. The van der Waals surface area contributed by atoms with E-state index >= 15 is 0 Å². The molecule has 0 radical (unpaired) electrons. The maximum atomic E-state index is 5.63. The summed E-state index contributed by atoms with van der Waals surface area (Å²) in [6.45, 7) is 4.54. The van der Waals surface area contributed by atoms with Gasteiger partial charge in [0, 0.05) is 0 Å². The van der Waals surface area contributed by atoms with Gasteiger partial charge in [0.05, 0.1) is 24.7 Å². The van der Waals surface area contributed by atoms with Gasteiger partial charge >= 0.3 is 0 Å². The highest BCUT2D eigenvalue weighted by Crippen LogP contribution is 2.28. The molecule has 1 aliphatic heterocycles. The molecule has 78 valence electrons. The van der Waals surface area contributed by atoms with Gasteiger partial charge in [0.15, 0.2) is 0 Å². The van der Waals surface area contributed by atoms with E-state index in [2.05, 4.69) is 10.2 Å². The van der Waals surface area contributed by atoms with Crippen molar-refractivity contribution in [2.45, 2.75) is 38.3 Å². The predicted molar refractivity (Wildman–Crippen MR) is 49.7 cm³/mol. The van der Waals surface area contributed by atoms with Crippen molar-refractivity contribution in [3.63, 3.8) is 0 Å². The molecular weight excluding hydrogens is 182 g/mol. The normalized spacial score (nSPS) is 29.4. The quantitative estimate of drug-likeness (QED) is 0.765. The number of hydrogen-bond acceptors (Lipinski definition) is 5. The average molecular weight is 197 g/mol. The molecule has 1 fully saturated rings. The van der Waals surface area contributed by atoms with Crippen molar-refractivity contribution in [3.05, 3.63) is 11.8 Å². The molecule has 5 heteroatoms. The minimum absolute atomic E-state index is 0.198. The van der Waals surface area contributed by atoms with Gasteiger partial charge < -0.3 is 14.9 Å². The average Bonchev–Trinajstić information content (AvgIpc) is 2.70. The van der Waals surface area contributed by atoms with Crippen LogP contribution in [0.1, 0.15) is 44.0 Å². The van der Waals surface area contributed by atoms with E-state index in [1.54, 1.807) is 0 Å². The van der Waals surface area contributed by atoms with E-state index in [1.807, 2.05) is 13.8 Å². The summed E-state index contributed by atoms with van der Waals surface area (Å²) in [4.78, 5) is 0. The number of nitrogens with zero attached hydrogens (tertiary/aromatic N) is 2. The lowest BCUT2D eigenvalue weighted by atomic mass is 10.1. The molecular formula is C9H15N3O2. The predicted octanol–water partition coefficient (Wildman–Crippen LogP) is 0.982. The van der Waals surface area contributed by atoms with Crippen LogP contribution in [0.25, 0.3) is 0 Å². The highest BCUT2D eigenvalue weighted by molar-refractivity contribution is 4.96. The molecule has 3 unspecified atom stereocenters. The van der Waals surface area contributed by atoms with Gasteiger partial charge in [-0.2, -0.15) is 0 Å². The second-order valence-electron chi connectivity index (χ2n) is 3.84. The summed E-state index contributed by atoms with van der Waals surface area (Å²) >= 11 is 0. The van der Waals surface area contributed by atoms with Crippen molar-refractivity contribution < 1.29 is 9.15 Å². The van der Waals surface area contributed by atoms with E-state index in [1.165, 1.54) is 0 Å². The smallest absolute Gasteiger partial charge is 0.232 e. The SMILES string of the molecule is CC1CC(c2nnc(C(C)N)o2)CO1. The van der Waals surface area contributed by atoms with Crippen molar-refractivity contribution in [2.75, 3.05) is 6.61 Å². The Labute approximate surface area is 82.6 Å². The Morgan fingerprint density at radius 2 is 2.29 bits per heavy atom. The third-order valence-electron chi connectivity index (χ3n) is 2.39. The van der Waals surface area contributed by atoms with E-state index < -0.39 is 0 Å². The molecule has 5 nitrogen and oxygen atoms in total. The molecule has 0 aromatic carbocycles. The number of nitrogens with two attached hydrogens (primary N) is 1. The Morgan fingerprint density at radius 3 is 2.79 bits per heavy atom. The Hall–Kier alpha value is -0.940. The van der Waals surface area contributed by atoms with Crippen LogP contribution in [0.5, 0.6) is 0 Å². The molecule has 1 aliphatic rings. The molecule has 2 N–H and O–H groups in total. The largest absolute Gasteiger partial charge is 0.423 e. The number of ether oxygens (including phenoxy) is 1. The van der Waals surface area contributed by atoms with Gasteiger partial charge in [0.1, 0.15) is 0 Å². The van der Waals surface area contributed by atoms with E-state index in [4.69, 9.17) is 14.9 Å². The topological polar surface area (TPSA) is 74.2 Å². The molecule has 14 heavy (non-hydrogen) atoms. The van der Waals surface area contributed by atoms with E-state index in [-0.39, 0.29) is 18.1 Å². The van der Waals surface area contributed by atoms with Gasteiger partial charge in [-0.15, -0.1) is 10.2 Å². The summed E-state index contributed by atoms with van der Waals surface area (Å²) in [6, 6.07) is -0.198. The molecule has 2 rings (SSSR count). The van der Waals surface area contributed by atoms with Crippen LogP contribution >= 0.6 is 0 Å². The van der Waals surface area contributed by atoms with Gasteiger partial charge in [-0.1, -0.05) is 0 Å². The summed E-state index contributed by atoms with van der Waals surface area (Å²) in [5, 5.41) is 7.87. The van der Waals surface area contributed by atoms with Gasteiger partial charge in [-0.05, 0) is 20.3 Å². The van der Waals surface area contributed by atoms with Crippen molar-refractivity contribution in [3.8, 4) is 0 Å². The Morgan fingerprint density at radius 1 is 1.50 bits per heavy atom. The number of aromatic nitrogens is 2. The highest BCUT2D eigenvalue weighted by atomic mass is 16.5. The molecule has 0 aliphatic carbocycles. The monoisotopic (exact) mass is 197 g/mol. The van der Waals surface area contributed by atoms with E-state index in [0.29, 0.717) is 18.4 Å². The van der Waals surface area contributed by atoms with Crippen LogP contribution in [0.15, 0.2) is 4.42 Å². The molecule has 0 spiro atoms. The summed E-state index contributed by atoms with van der Waals surface area (Å²) in [5.74, 6) is 1.39. The lowest BCUT2D eigenvalue weighted by Gasteiger charge is -2.00. The maximum Gasteiger partial charge on any atom is 0.232 e. The maximum absolute atomic E-state index is 5.63. The molecule has 0 amide bonds. The van der Waals surface area contributed by atoms with Crippen LogP contribution in [0.2, 0.25) is 0 Å². The van der Waals surface area contributed by atoms with Crippen LogP contribution in [-0.4, -0.2) is 22.9 Å². The third-order valence-corrected chi connectivity index (χ3v) is 2.39. The molecule has 0 bridgehead atoms. The lowest BCUT2D eigenvalue weighted by molar-refractivity contribution is 0.122. The summed E-state index contributed by atoms with van der Waals surface area (Å²) in [6.07, 6.45) is 1.23. The zero-order chi connectivity index (χ0) is 10.1. The van der Waals surface area contributed by atoms with Crippen molar-refractivity contribution in [1.29, 1.82) is 0 Å². The number of hydrogen-bond donors (Lipinski definition) is 1. The summed E-state index contributed by atoms with van der Waals surface area (Å²) in [5.41, 5.74) is 5.63. The molecule has 1 saturated heterocycles. The minimum Gasteiger partial charge on any atom is -0.423 e. The highest BCUT2D eigenvalue weighted by Gasteiger charge is 2.28.